The Morgan fingerprint density at radius 2 is 2.50 bits per heavy atom. The Kier molecular flexibility index (Phi) is 3.82. The molecule has 0 aliphatic carbocycles. The molecule has 0 bridgehead atoms. The number of carbonyl (C=O) groups is 1. The van der Waals surface area contributed by atoms with Gasteiger partial charge in [0, 0.05) is 0 Å². The molecule has 5 nitrogen and oxygen atoms in total. The molecule has 88 valence electrons. The topological polar surface area (TPSA) is 67.9 Å². The molecule has 1 aromatic heterocycles. The molecule has 1 fully saturated rings. The van der Waals surface area contributed by atoms with E-state index in [1.807, 2.05) is 11.8 Å². The average molecular weight is 241 g/mol. The quantitative estimate of drug-likeness (QED) is 0.819. The highest BCUT2D eigenvalue weighted by Gasteiger charge is 2.21. The lowest BCUT2D eigenvalue weighted by Crippen LogP contribution is -2.07. The minimum absolute atomic E-state index is 0.142. The normalized spacial score (nSPS) is 20.7. The molecule has 0 spiro atoms. The van der Waals surface area contributed by atoms with Gasteiger partial charge in [-0.3, -0.25) is 5.10 Å². The number of aromatic amines is 1. The van der Waals surface area contributed by atoms with E-state index in [0.29, 0.717) is 11.9 Å². The third-order valence-corrected chi connectivity index (χ3v) is 3.83. The number of hydrogen-bond donors (Lipinski definition) is 1. The summed E-state index contributed by atoms with van der Waals surface area (Å²) in [6.45, 7) is 2.11. The summed E-state index contributed by atoms with van der Waals surface area (Å²) in [6.07, 6.45) is 3.58. The number of rotatable bonds is 3. The lowest BCUT2D eigenvalue weighted by atomic mass is 10.2. The van der Waals surface area contributed by atoms with Gasteiger partial charge in [-0.05, 0) is 25.5 Å². The van der Waals surface area contributed by atoms with Crippen molar-refractivity contribution < 1.29 is 9.53 Å². The second-order valence-electron chi connectivity index (χ2n) is 3.62. The van der Waals surface area contributed by atoms with Crippen LogP contribution in [0, 0.1) is 0 Å². The van der Waals surface area contributed by atoms with Crippen LogP contribution in [0.25, 0.3) is 0 Å². The van der Waals surface area contributed by atoms with E-state index < -0.39 is 5.97 Å². The monoisotopic (exact) mass is 241 g/mol. The minimum Gasteiger partial charge on any atom is -0.460 e. The number of carbonyl (C=O) groups excluding carboxylic acids is 1. The van der Waals surface area contributed by atoms with Crippen LogP contribution in [0.2, 0.25) is 0 Å². The average Bonchev–Trinajstić information content (AvgIpc) is 2.80. The number of hydrogen-bond acceptors (Lipinski definition) is 5. The fourth-order valence-electron chi connectivity index (χ4n) is 1.66. The molecule has 0 amide bonds. The second kappa shape index (κ2) is 5.34. The largest absolute Gasteiger partial charge is 0.460 e. The molecule has 1 aliphatic rings. The van der Waals surface area contributed by atoms with Gasteiger partial charge in [0.2, 0.25) is 0 Å². The maximum Gasteiger partial charge on any atom is 0.378 e. The summed E-state index contributed by atoms with van der Waals surface area (Å²) in [5.41, 5.74) is 0. The molecule has 1 aliphatic heterocycles. The van der Waals surface area contributed by atoms with Crippen LogP contribution in [0.4, 0.5) is 0 Å². The number of nitrogens with zero attached hydrogens (tertiary/aromatic N) is 2. The predicted octanol–water partition coefficient (Wildman–Crippen LogP) is 1.94. The van der Waals surface area contributed by atoms with Gasteiger partial charge in [-0.1, -0.05) is 6.42 Å². The van der Waals surface area contributed by atoms with E-state index in [-0.39, 0.29) is 5.82 Å². The molecule has 1 aromatic rings. The molecule has 1 atom stereocenters. The van der Waals surface area contributed by atoms with Crippen LogP contribution < -0.4 is 0 Å². The Balaban J connectivity index is 2.03. The van der Waals surface area contributed by atoms with Gasteiger partial charge in [0.1, 0.15) is 5.82 Å². The first-order valence-corrected chi connectivity index (χ1v) is 6.57. The van der Waals surface area contributed by atoms with E-state index in [4.69, 9.17) is 4.74 Å². The number of aromatic nitrogens is 3. The van der Waals surface area contributed by atoms with Crippen molar-refractivity contribution in [3.05, 3.63) is 11.6 Å². The maximum atomic E-state index is 11.4. The Bertz CT molecular complexity index is 361. The van der Waals surface area contributed by atoms with Crippen LogP contribution in [-0.4, -0.2) is 33.5 Å². The van der Waals surface area contributed by atoms with Crippen LogP contribution in [0.1, 0.15) is 47.9 Å². The van der Waals surface area contributed by atoms with Crippen molar-refractivity contribution >= 4 is 17.7 Å². The fraction of sp³-hybridized carbons (Fsp3) is 0.700. The zero-order valence-corrected chi connectivity index (χ0v) is 10.0. The zero-order chi connectivity index (χ0) is 11.4. The van der Waals surface area contributed by atoms with E-state index in [0.717, 1.165) is 18.0 Å². The Morgan fingerprint density at radius 1 is 1.62 bits per heavy atom. The Labute approximate surface area is 98.4 Å². The van der Waals surface area contributed by atoms with Crippen molar-refractivity contribution in [3.8, 4) is 0 Å². The second-order valence-corrected chi connectivity index (χ2v) is 4.93. The van der Waals surface area contributed by atoms with Gasteiger partial charge < -0.3 is 4.74 Å². The summed E-state index contributed by atoms with van der Waals surface area (Å²) >= 11 is 1.87. The summed E-state index contributed by atoms with van der Waals surface area (Å²) in [4.78, 5) is 15.6. The molecular weight excluding hydrogens is 226 g/mol. The lowest BCUT2D eigenvalue weighted by Gasteiger charge is -2.18. The molecule has 0 aromatic carbocycles. The van der Waals surface area contributed by atoms with Crippen LogP contribution in [0.5, 0.6) is 0 Å². The van der Waals surface area contributed by atoms with Gasteiger partial charge in [-0.25, -0.2) is 9.78 Å². The molecular formula is C10H15N3O2S. The highest BCUT2D eigenvalue weighted by Crippen LogP contribution is 2.36. The lowest BCUT2D eigenvalue weighted by molar-refractivity contribution is 0.0512. The molecule has 16 heavy (non-hydrogen) atoms. The van der Waals surface area contributed by atoms with Crippen LogP contribution >= 0.6 is 11.8 Å². The number of esters is 1. The minimum atomic E-state index is -0.453. The van der Waals surface area contributed by atoms with E-state index in [1.165, 1.54) is 12.8 Å². The third kappa shape index (κ3) is 2.55. The first kappa shape index (κ1) is 11.4. The number of nitrogens with one attached hydrogen (secondary N) is 1. The number of H-pyrrole nitrogens is 1. The van der Waals surface area contributed by atoms with Gasteiger partial charge in [0.05, 0.1) is 11.9 Å². The van der Waals surface area contributed by atoms with Crippen molar-refractivity contribution in [1.29, 1.82) is 0 Å². The van der Waals surface area contributed by atoms with Crippen molar-refractivity contribution in [3.63, 3.8) is 0 Å². The van der Waals surface area contributed by atoms with Crippen molar-refractivity contribution in [2.75, 3.05) is 12.4 Å². The summed E-state index contributed by atoms with van der Waals surface area (Å²) in [5.74, 6) is 1.64. The van der Waals surface area contributed by atoms with Crippen molar-refractivity contribution in [2.45, 2.75) is 31.4 Å². The summed E-state index contributed by atoms with van der Waals surface area (Å²) < 4.78 is 4.84. The van der Waals surface area contributed by atoms with E-state index in [2.05, 4.69) is 15.2 Å². The molecule has 1 unspecified atom stereocenters. The zero-order valence-electron chi connectivity index (χ0n) is 9.23. The van der Waals surface area contributed by atoms with Gasteiger partial charge in [-0.2, -0.15) is 11.8 Å². The van der Waals surface area contributed by atoms with Gasteiger partial charge in [0.15, 0.2) is 0 Å². The van der Waals surface area contributed by atoms with E-state index in [1.54, 1.807) is 6.92 Å². The first-order chi connectivity index (χ1) is 7.81. The Hall–Kier alpha value is -1.04. The third-order valence-electron chi connectivity index (χ3n) is 2.45. The first-order valence-electron chi connectivity index (χ1n) is 5.52. The van der Waals surface area contributed by atoms with E-state index in [9.17, 15) is 4.79 Å². The van der Waals surface area contributed by atoms with Crippen molar-refractivity contribution in [2.24, 2.45) is 0 Å². The number of thioether (sulfide) groups is 1. The molecule has 6 heteroatoms. The highest BCUT2D eigenvalue weighted by atomic mass is 32.2. The van der Waals surface area contributed by atoms with Crippen LogP contribution in [0.15, 0.2) is 0 Å². The predicted molar refractivity (Wildman–Crippen MR) is 61.4 cm³/mol. The standard InChI is InChI=1S/C10H15N3O2S/c1-2-15-10(14)9-11-8(12-13-9)7-5-3-4-6-16-7/h7H,2-6H2,1H3,(H,11,12,13). The van der Waals surface area contributed by atoms with Crippen LogP contribution in [-0.2, 0) is 4.74 Å². The molecule has 0 saturated carbocycles. The molecule has 2 heterocycles. The number of ether oxygens (including phenoxy) is 1. The molecule has 2 rings (SSSR count). The highest BCUT2D eigenvalue weighted by molar-refractivity contribution is 7.99. The van der Waals surface area contributed by atoms with E-state index >= 15 is 0 Å². The molecule has 1 saturated heterocycles. The van der Waals surface area contributed by atoms with Gasteiger partial charge in [0.25, 0.3) is 5.82 Å². The smallest absolute Gasteiger partial charge is 0.378 e. The maximum absolute atomic E-state index is 11.4. The van der Waals surface area contributed by atoms with Crippen LogP contribution in [0.3, 0.4) is 0 Å². The fourth-order valence-corrected chi connectivity index (χ4v) is 2.91. The SMILES string of the molecule is CCOC(=O)c1n[nH]c(C2CCCCS2)n1. The van der Waals surface area contributed by atoms with Gasteiger partial charge >= 0.3 is 5.97 Å². The van der Waals surface area contributed by atoms with Gasteiger partial charge in [-0.15, -0.1) is 5.10 Å². The Morgan fingerprint density at radius 3 is 3.19 bits per heavy atom. The summed E-state index contributed by atoms with van der Waals surface area (Å²) in [5, 5.41) is 7.07. The van der Waals surface area contributed by atoms with Crippen molar-refractivity contribution in [1.82, 2.24) is 15.2 Å². The summed E-state index contributed by atoms with van der Waals surface area (Å²) in [7, 11) is 0. The summed E-state index contributed by atoms with van der Waals surface area (Å²) in [6, 6.07) is 0. The molecule has 0 radical (unpaired) electrons. The molecule has 1 N–H and O–H groups in total.